The Kier molecular flexibility index (Phi) is 4.29. The smallest absolute Gasteiger partial charge is 0.337 e. The number of anilines is 2. The summed E-state index contributed by atoms with van der Waals surface area (Å²) in [5.41, 5.74) is 7.29. The molecule has 1 atom stereocenters. The highest BCUT2D eigenvalue weighted by Gasteiger charge is 2.20. The fraction of sp³-hybridized carbons (Fsp3) is 0.267. The molecule has 0 saturated carbocycles. The Hall–Kier alpha value is -2.01. The number of carboxylic acids is 1. The van der Waals surface area contributed by atoms with Crippen LogP contribution in [0.1, 0.15) is 22.2 Å². The maximum Gasteiger partial charge on any atom is 0.337 e. The molecule has 1 unspecified atom stereocenters. The van der Waals surface area contributed by atoms with Gasteiger partial charge < -0.3 is 15.7 Å². The summed E-state index contributed by atoms with van der Waals surface area (Å²) in [6, 6.07) is 9.25. The molecule has 0 fully saturated rings. The normalized spacial score (nSPS) is 12.1. The van der Waals surface area contributed by atoms with E-state index in [9.17, 15) is 9.90 Å². The maximum atomic E-state index is 11.3. The molecule has 5 heteroatoms. The summed E-state index contributed by atoms with van der Waals surface area (Å²) in [6.07, 6.45) is 0.863. The Labute approximate surface area is 122 Å². The van der Waals surface area contributed by atoms with Crippen LogP contribution < -0.4 is 10.6 Å². The first-order valence-corrected chi connectivity index (χ1v) is 7.25. The molecule has 2 aromatic rings. The van der Waals surface area contributed by atoms with E-state index in [1.54, 1.807) is 29.5 Å². The van der Waals surface area contributed by atoms with Crippen LogP contribution in [0.5, 0.6) is 0 Å². The van der Waals surface area contributed by atoms with Crippen LogP contribution in [0.4, 0.5) is 11.4 Å². The molecule has 20 heavy (non-hydrogen) atoms. The summed E-state index contributed by atoms with van der Waals surface area (Å²) in [5.74, 6) is -0.956. The van der Waals surface area contributed by atoms with Gasteiger partial charge in [0, 0.05) is 24.4 Å². The van der Waals surface area contributed by atoms with Gasteiger partial charge in [-0.05, 0) is 30.5 Å². The van der Waals surface area contributed by atoms with Gasteiger partial charge in [0.25, 0.3) is 0 Å². The molecule has 3 N–H and O–H groups in total. The van der Waals surface area contributed by atoms with E-state index in [4.69, 9.17) is 5.73 Å². The van der Waals surface area contributed by atoms with Crippen molar-refractivity contribution >= 4 is 28.7 Å². The number of likely N-dealkylation sites (N-methyl/N-ethyl adjacent to an activating group) is 1. The van der Waals surface area contributed by atoms with Gasteiger partial charge in [0.1, 0.15) is 0 Å². The molecule has 1 heterocycles. The molecule has 1 aromatic heterocycles. The van der Waals surface area contributed by atoms with Crippen molar-refractivity contribution in [2.24, 2.45) is 0 Å². The predicted molar refractivity (Wildman–Crippen MR) is 83.7 cm³/mol. The average Bonchev–Trinajstić information content (AvgIpc) is 2.90. The first-order valence-electron chi connectivity index (χ1n) is 6.37. The van der Waals surface area contributed by atoms with E-state index in [0.29, 0.717) is 11.4 Å². The quantitative estimate of drug-likeness (QED) is 0.830. The van der Waals surface area contributed by atoms with Crippen LogP contribution in [0, 0.1) is 0 Å². The van der Waals surface area contributed by atoms with E-state index in [1.165, 1.54) is 4.88 Å². The number of nitrogen functional groups attached to an aromatic ring is 1. The van der Waals surface area contributed by atoms with Crippen molar-refractivity contribution < 1.29 is 9.90 Å². The third kappa shape index (κ3) is 2.93. The number of carboxylic acid groups (broad SMARTS) is 1. The lowest BCUT2D eigenvalue weighted by Crippen LogP contribution is -2.32. The van der Waals surface area contributed by atoms with Gasteiger partial charge in [-0.2, -0.15) is 0 Å². The van der Waals surface area contributed by atoms with Crippen LogP contribution in [0.3, 0.4) is 0 Å². The molecule has 0 aliphatic heterocycles. The van der Waals surface area contributed by atoms with Crippen molar-refractivity contribution in [1.82, 2.24) is 0 Å². The van der Waals surface area contributed by atoms with Gasteiger partial charge in [-0.3, -0.25) is 0 Å². The minimum atomic E-state index is -0.956. The second-order valence-electron chi connectivity index (χ2n) is 4.79. The van der Waals surface area contributed by atoms with Crippen LogP contribution >= 0.6 is 11.3 Å². The molecular weight excluding hydrogens is 272 g/mol. The van der Waals surface area contributed by atoms with Crippen molar-refractivity contribution in [2.45, 2.75) is 19.4 Å². The lowest BCUT2D eigenvalue weighted by atomic mass is 10.1. The summed E-state index contributed by atoms with van der Waals surface area (Å²) < 4.78 is 0. The van der Waals surface area contributed by atoms with Gasteiger partial charge in [-0.25, -0.2) is 4.79 Å². The second kappa shape index (κ2) is 5.96. The SMILES string of the molecule is CC(Cc1cccs1)N(C)c1c(N)cccc1C(=O)O. The topological polar surface area (TPSA) is 66.6 Å². The van der Waals surface area contributed by atoms with E-state index < -0.39 is 5.97 Å². The average molecular weight is 290 g/mol. The Morgan fingerprint density at radius 1 is 1.40 bits per heavy atom. The van der Waals surface area contributed by atoms with Crippen LogP contribution in [0.25, 0.3) is 0 Å². The molecule has 0 radical (unpaired) electrons. The van der Waals surface area contributed by atoms with Crippen molar-refractivity contribution in [3.8, 4) is 0 Å². The van der Waals surface area contributed by atoms with Gasteiger partial charge in [-0.1, -0.05) is 12.1 Å². The van der Waals surface area contributed by atoms with E-state index in [1.807, 2.05) is 23.4 Å². The molecule has 106 valence electrons. The highest BCUT2D eigenvalue weighted by Crippen LogP contribution is 2.29. The van der Waals surface area contributed by atoms with E-state index in [0.717, 1.165) is 6.42 Å². The number of nitrogens with two attached hydrogens (primary N) is 1. The lowest BCUT2D eigenvalue weighted by Gasteiger charge is -2.29. The number of hydrogen-bond acceptors (Lipinski definition) is 4. The summed E-state index contributed by atoms with van der Waals surface area (Å²) in [5, 5.41) is 11.3. The first kappa shape index (κ1) is 14.4. The fourth-order valence-electron chi connectivity index (χ4n) is 2.20. The lowest BCUT2D eigenvalue weighted by molar-refractivity contribution is 0.0697. The number of thiophene rings is 1. The standard InChI is InChI=1S/C15H18N2O2S/c1-10(9-11-5-4-8-20-11)17(2)14-12(15(18)19)6-3-7-13(14)16/h3-8,10H,9,16H2,1-2H3,(H,18,19). The fourth-order valence-corrected chi connectivity index (χ4v) is 3.03. The summed E-state index contributed by atoms with van der Waals surface area (Å²) in [6.45, 7) is 2.07. The van der Waals surface area contributed by atoms with E-state index >= 15 is 0 Å². The van der Waals surface area contributed by atoms with Crippen molar-refractivity contribution in [3.05, 3.63) is 46.2 Å². The van der Waals surface area contributed by atoms with Crippen LogP contribution in [0.2, 0.25) is 0 Å². The Balaban J connectivity index is 2.28. The van der Waals surface area contributed by atoms with Crippen molar-refractivity contribution in [2.75, 3.05) is 17.7 Å². The molecular formula is C15H18N2O2S. The molecule has 1 aromatic carbocycles. The predicted octanol–water partition coefficient (Wildman–Crippen LogP) is 3.10. The molecule has 2 rings (SSSR count). The van der Waals surface area contributed by atoms with Gasteiger partial charge >= 0.3 is 5.97 Å². The maximum absolute atomic E-state index is 11.3. The van der Waals surface area contributed by atoms with Crippen LogP contribution in [-0.4, -0.2) is 24.2 Å². The van der Waals surface area contributed by atoms with Gasteiger partial charge in [0.05, 0.1) is 16.9 Å². The van der Waals surface area contributed by atoms with Gasteiger partial charge in [-0.15, -0.1) is 11.3 Å². The summed E-state index contributed by atoms with van der Waals surface area (Å²) in [7, 11) is 1.89. The molecule has 0 amide bonds. The summed E-state index contributed by atoms with van der Waals surface area (Å²) >= 11 is 1.70. The minimum absolute atomic E-state index is 0.163. The third-order valence-corrected chi connectivity index (χ3v) is 4.29. The number of hydrogen-bond donors (Lipinski definition) is 2. The van der Waals surface area contributed by atoms with E-state index in [2.05, 4.69) is 13.0 Å². The number of aromatic carboxylic acids is 1. The first-order chi connectivity index (χ1) is 9.50. The molecule has 0 saturated heterocycles. The number of rotatable bonds is 5. The van der Waals surface area contributed by atoms with Crippen LogP contribution in [-0.2, 0) is 6.42 Å². The molecule has 0 aliphatic carbocycles. The number of para-hydroxylation sites is 1. The summed E-state index contributed by atoms with van der Waals surface area (Å²) in [4.78, 5) is 14.6. The Morgan fingerprint density at radius 3 is 2.75 bits per heavy atom. The van der Waals surface area contributed by atoms with E-state index in [-0.39, 0.29) is 11.6 Å². The Bertz CT molecular complexity index is 596. The monoisotopic (exact) mass is 290 g/mol. The van der Waals surface area contributed by atoms with Crippen molar-refractivity contribution in [1.29, 1.82) is 0 Å². The number of nitrogens with zero attached hydrogens (tertiary/aromatic N) is 1. The second-order valence-corrected chi connectivity index (χ2v) is 5.82. The van der Waals surface area contributed by atoms with Gasteiger partial charge in [0.15, 0.2) is 0 Å². The third-order valence-electron chi connectivity index (χ3n) is 3.39. The highest BCUT2D eigenvalue weighted by molar-refractivity contribution is 7.09. The molecule has 0 aliphatic rings. The molecule has 0 bridgehead atoms. The number of carbonyl (C=O) groups is 1. The zero-order valence-corrected chi connectivity index (χ0v) is 12.4. The molecule has 4 nitrogen and oxygen atoms in total. The van der Waals surface area contributed by atoms with Crippen molar-refractivity contribution in [3.63, 3.8) is 0 Å². The zero-order chi connectivity index (χ0) is 14.7. The van der Waals surface area contributed by atoms with Gasteiger partial charge in [0.2, 0.25) is 0 Å². The number of benzene rings is 1. The Morgan fingerprint density at radius 2 is 2.15 bits per heavy atom. The minimum Gasteiger partial charge on any atom is -0.478 e. The van der Waals surface area contributed by atoms with Crippen LogP contribution in [0.15, 0.2) is 35.7 Å². The highest BCUT2D eigenvalue weighted by atomic mass is 32.1. The molecule has 0 spiro atoms. The largest absolute Gasteiger partial charge is 0.478 e. The zero-order valence-electron chi connectivity index (χ0n) is 11.5.